The van der Waals surface area contributed by atoms with Crippen LogP contribution < -0.4 is 19.5 Å². The number of hydrogen-bond acceptors (Lipinski definition) is 7. The Labute approximate surface area is 198 Å². The van der Waals surface area contributed by atoms with Crippen molar-refractivity contribution in [2.45, 2.75) is 31.7 Å². The normalized spacial score (nSPS) is 10.5. The number of benzene rings is 2. The quantitative estimate of drug-likeness (QED) is 0.312. The zero-order chi connectivity index (χ0) is 23.6. The molecule has 2 aromatic carbocycles. The third kappa shape index (κ3) is 6.52. The number of carbonyl (C=O) groups excluding carboxylic acids is 1. The van der Waals surface area contributed by atoms with Gasteiger partial charge in [-0.05, 0) is 36.2 Å². The van der Waals surface area contributed by atoms with E-state index in [2.05, 4.69) is 29.0 Å². The zero-order valence-electron chi connectivity index (χ0n) is 19.0. The van der Waals surface area contributed by atoms with Crippen molar-refractivity contribution in [2.24, 2.45) is 0 Å². The molecular weight excluding hydrogens is 440 g/mol. The number of aromatic nitrogens is 3. The number of thioether (sulfide) groups is 1. The fraction of sp³-hybridized carbons (Fsp3) is 0.292. The molecule has 0 aliphatic carbocycles. The number of rotatable bonds is 12. The first-order valence-corrected chi connectivity index (χ1v) is 11.5. The fourth-order valence-corrected chi connectivity index (χ4v) is 3.80. The van der Waals surface area contributed by atoms with Crippen molar-refractivity contribution >= 4 is 23.4 Å². The van der Waals surface area contributed by atoms with Crippen molar-refractivity contribution in [1.29, 1.82) is 0 Å². The highest BCUT2D eigenvalue weighted by atomic mass is 32.2. The number of amides is 1. The minimum Gasteiger partial charge on any atom is -0.497 e. The van der Waals surface area contributed by atoms with Gasteiger partial charge in [0.05, 0.1) is 25.7 Å². The Balaban J connectivity index is 1.61. The molecular formula is C24H28N4O4S. The van der Waals surface area contributed by atoms with Crippen LogP contribution in [0.1, 0.15) is 18.3 Å². The maximum absolute atomic E-state index is 12.5. The maximum atomic E-state index is 12.5. The van der Waals surface area contributed by atoms with E-state index < -0.39 is 0 Å². The van der Waals surface area contributed by atoms with E-state index in [1.54, 1.807) is 38.5 Å². The van der Waals surface area contributed by atoms with Crippen molar-refractivity contribution in [2.75, 3.05) is 25.3 Å². The molecule has 3 aromatic rings. The van der Waals surface area contributed by atoms with E-state index >= 15 is 0 Å². The number of anilines is 1. The molecule has 1 N–H and O–H groups in total. The second kappa shape index (κ2) is 12.0. The topological polar surface area (TPSA) is 87.5 Å². The lowest BCUT2D eigenvalue weighted by atomic mass is 10.2. The molecule has 1 aromatic heterocycles. The van der Waals surface area contributed by atoms with Crippen LogP contribution in [0.5, 0.6) is 17.2 Å². The van der Waals surface area contributed by atoms with E-state index in [4.69, 9.17) is 14.2 Å². The molecule has 0 aliphatic rings. The van der Waals surface area contributed by atoms with Gasteiger partial charge in [0.25, 0.3) is 0 Å². The van der Waals surface area contributed by atoms with Crippen LogP contribution in [-0.2, 0) is 24.4 Å². The monoisotopic (exact) mass is 468 g/mol. The predicted molar refractivity (Wildman–Crippen MR) is 129 cm³/mol. The van der Waals surface area contributed by atoms with E-state index in [9.17, 15) is 4.79 Å². The lowest BCUT2D eigenvalue weighted by Gasteiger charge is -2.12. The molecule has 9 heteroatoms. The van der Waals surface area contributed by atoms with Crippen molar-refractivity contribution in [3.63, 3.8) is 0 Å². The summed E-state index contributed by atoms with van der Waals surface area (Å²) >= 11 is 1.29. The summed E-state index contributed by atoms with van der Waals surface area (Å²) in [4.78, 5) is 12.5. The van der Waals surface area contributed by atoms with Crippen LogP contribution in [0.3, 0.4) is 0 Å². The minimum atomic E-state index is -0.189. The molecule has 8 nitrogen and oxygen atoms in total. The highest BCUT2D eigenvalue weighted by molar-refractivity contribution is 7.99. The maximum Gasteiger partial charge on any atom is 0.234 e. The summed E-state index contributed by atoms with van der Waals surface area (Å²) in [6, 6.07) is 13.2. The summed E-state index contributed by atoms with van der Waals surface area (Å²) in [6.45, 7) is 6.70. The average Bonchev–Trinajstić information content (AvgIpc) is 3.23. The lowest BCUT2D eigenvalue weighted by Crippen LogP contribution is -2.15. The van der Waals surface area contributed by atoms with E-state index in [0.29, 0.717) is 34.7 Å². The van der Waals surface area contributed by atoms with Crippen LogP contribution in [-0.4, -0.2) is 40.6 Å². The molecule has 0 radical (unpaired) electrons. The summed E-state index contributed by atoms with van der Waals surface area (Å²) in [5.74, 6) is 2.56. The molecule has 1 heterocycles. The number of hydrogen-bond donors (Lipinski definition) is 1. The van der Waals surface area contributed by atoms with Gasteiger partial charge in [0.15, 0.2) is 11.0 Å². The highest BCUT2D eigenvalue weighted by Gasteiger charge is 2.15. The number of methoxy groups -OCH3 is 2. The Bertz CT molecular complexity index is 1080. The van der Waals surface area contributed by atoms with Crippen LogP contribution in [0.25, 0.3) is 0 Å². The summed E-state index contributed by atoms with van der Waals surface area (Å²) in [5, 5.41) is 12.0. The number of allylic oxidation sites excluding steroid dienone is 1. The molecule has 0 aliphatic heterocycles. The van der Waals surface area contributed by atoms with Gasteiger partial charge in [-0.1, -0.05) is 36.9 Å². The first-order valence-electron chi connectivity index (χ1n) is 10.5. The van der Waals surface area contributed by atoms with Crippen molar-refractivity contribution < 1.29 is 19.0 Å². The Hall–Kier alpha value is -3.46. The standard InChI is InChI=1S/C24H28N4O4S/c1-5-13-28-22(15-32-18-9-7-17(6-2)8-10-18)26-27-24(28)33-16-23(29)25-20-12-11-19(30-3)14-21(20)31-4/h5,7-12,14H,1,6,13,15-16H2,2-4H3,(H,25,29). The molecule has 0 unspecified atom stereocenters. The third-order valence-electron chi connectivity index (χ3n) is 4.82. The lowest BCUT2D eigenvalue weighted by molar-refractivity contribution is -0.113. The number of aryl methyl sites for hydroxylation is 1. The first kappa shape index (κ1) is 24.2. The van der Waals surface area contributed by atoms with Gasteiger partial charge in [-0.2, -0.15) is 0 Å². The van der Waals surface area contributed by atoms with Gasteiger partial charge in [-0.15, -0.1) is 16.8 Å². The van der Waals surface area contributed by atoms with Gasteiger partial charge < -0.3 is 19.5 Å². The van der Waals surface area contributed by atoms with Crippen molar-refractivity contribution in [3.8, 4) is 17.2 Å². The Morgan fingerprint density at radius 1 is 1.12 bits per heavy atom. The van der Waals surface area contributed by atoms with Crippen LogP contribution >= 0.6 is 11.8 Å². The molecule has 0 saturated carbocycles. The SMILES string of the molecule is C=CCn1c(COc2ccc(CC)cc2)nnc1SCC(=O)Nc1ccc(OC)cc1OC. The Morgan fingerprint density at radius 3 is 2.55 bits per heavy atom. The third-order valence-corrected chi connectivity index (χ3v) is 5.79. The highest BCUT2D eigenvalue weighted by Crippen LogP contribution is 2.29. The van der Waals surface area contributed by atoms with Crippen molar-refractivity contribution in [3.05, 3.63) is 66.5 Å². The van der Waals surface area contributed by atoms with Gasteiger partial charge >= 0.3 is 0 Å². The fourth-order valence-electron chi connectivity index (χ4n) is 3.03. The van der Waals surface area contributed by atoms with Gasteiger partial charge in [-0.25, -0.2) is 0 Å². The van der Waals surface area contributed by atoms with E-state index in [0.717, 1.165) is 12.2 Å². The molecule has 1 amide bonds. The van der Waals surface area contributed by atoms with E-state index in [-0.39, 0.29) is 18.3 Å². The smallest absolute Gasteiger partial charge is 0.234 e. The molecule has 0 bridgehead atoms. The molecule has 3 rings (SSSR count). The van der Waals surface area contributed by atoms with Gasteiger partial charge in [0.1, 0.15) is 23.9 Å². The van der Waals surface area contributed by atoms with Gasteiger partial charge in [0.2, 0.25) is 5.91 Å². The van der Waals surface area contributed by atoms with Gasteiger partial charge in [0, 0.05) is 12.6 Å². The molecule has 0 spiro atoms. The second-order valence-electron chi connectivity index (χ2n) is 6.99. The Kier molecular flexibility index (Phi) is 8.77. The summed E-state index contributed by atoms with van der Waals surface area (Å²) < 4.78 is 18.3. The van der Waals surface area contributed by atoms with E-state index in [1.807, 2.05) is 28.8 Å². The molecule has 33 heavy (non-hydrogen) atoms. The second-order valence-corrected chi connectivity index (χ2v) is 7.93. The van der Waals surface area contributed by atoms with Gasteiger partial charge in [-0.3, -0.25) is 9.36 Å². The molecule has 0 fully saturated rings. The molecule has 174 valence electrons. The number of nitrogens with one attached hydrogen (secondary N) is 1. The van der Waals surface area contributed by atoms with Crippen LogP contribution in [0.2, 0.25) is 0 Å². The number of nitrogens with zero attached hydrogens (tertiary/aromatic N) is 3. The Morgan fingerprint density at radius 2 is 1.88 bits per heavy atom. The summed E-state index contributed by atoms with van der Waals surface area (Å²) in [6.07, 6.45) is 2.74. The number of carbonyl (C=O) groups is 1. The largest absolute Gasteiger partial charge is 0.497 e. The van der Waals surface area contributed by atoms with Crippen LogP contribution in [0.15, 0.2) is 60.3 Å². The number of ether oxygens (including phenoxy) is 3. The predicted octanol–water partition coefficient (Wildman–Crippen LogP) is 4.35. The summed E-state index contributed by atoms with van der Waals surface area (Å²) in [5.41, 5.74) is 1.82. The summed E-state index contributed by atoms with van der Waals surface area (Å²) in [7, 11) is 3.11. The van der Waals surface area contributed by atoms with Crippen molar-refractivity contribution in [1.82, 2.24) is 14.8 Å². The van der Waals surface area contributed by atoms with Crippen LogP contribution in [0, 0.1) is 0 Å². The minimum absolute atomic E-state index is 0.157. The van der Waals surface area contributed by atoms with E-state index in [1.165, 1.54) is 17.3 Å². The average molecular weight is 469 g/mol. The molecule has 0 saturated heterocycles. The molecule has 0 atom stereocenters. The van der Waals surface area contributed by atoms with Crippen LogP contribution in [0.4, 0.5) is 5.69 Å². The first-order chi connectivity index (χ1) is 16.1. The zero-order valence-corrected chi connectivity index (χ0v) is 19.9.